The lowest BCUT2D eigenvalue weighted by molar-refractivity contribution is 0.257. The fourth-order valence-corrected chi connectivity index (χ4v) is 2.96. The minimum Gasteiger partial charge on any atom is -0.342 e. The van der Waals surface area contributed by atoms with Crippen LogP contribution in [0.2, 0.25) is 0 Å². The van der Waals surface area contributed by atoms with Crippen LogP contribution in [-0.2, 0) is 0 Å². The third kappa shape index (κ3) is 2.23. The number of imidazole rings is 1. The van der Waals surface area contributed by atoms with Crippen molar-refractivity contribution in [3.05, 3.63) is 23.1 Å². The average Bonchev–Trinajstić information content (AvgIpc) is 2.91. The first-order chi connectivity index (χ1) is 9.13. The maximum Gasteiger partial charge on any atom is 0.211 e. The van der Waals surface area contributed by atoms with Crippen LogP contribution in [0, 0.1) is 5.41 Å². The monoisotopic (exact) mass is 323 g/mol. The topological polar surface area (TPSA) is 59.5 Å². The molecular formula is C13H18BrN5. The number of nitrogens with two attached hydrogens (primary N) is 1. The number of hydrogen-bond acceptors (Lipinski definition) is 4. The zero-order chi connectivity index (χ0) is 13.5. The summed E-state index contributed by atoms with van der Waals surface area (Å²) in [7, 11) is 0. The molecule has 2 aromatic rings. The summed E-state index contributed by atoms with van der Waals surface area (Å²) in [5.74, 6) is 0.967. The van der Waals surface area contributed by atoms with Crippen LogP contribution in [-0.4, -0.2) is 34.0 Å². The fraction of sp³-hybridized carbons (Fsp3) is 0.538. The summed E-state index contributed by atoms with van der Waals surface area (Å²) in [5, 5.41) is 0. The van der Waals surface area contributed by atoms with Crippen LogP contribution in [0.4, 0.5) is 5.95 Å². The van der Waals surface area contributed by atoms with Gasteiger partial charge in [0.1, 0.15) is 0 Å². The third-order valence-electron chi connectivity index (χ3n) is 4.11. The largest absolute Gasteiger partial charge is 0.342 e. The van der Waals surface area contributed by atoms with Crippen LogP contribution < -0.4 is 10.6 Å². The molecule has 19 heavy (non-hydrogen) atoms. The molecule has 0 aromatic carbocycles. The van der Waals surface area contributed by atoms with Crippen LogP contribution >= 0.6 is 15.9 Å². The molecule has 0 unspecified atom stereocenters. The summed E-state index contributed by atoms with van der Waals surface area (Å²) in [6.45, 7) is 5.02. The Balaban J connectivity index is 1.90. The van der Waals surface area contributed by atoms with Crippen LogP contribution in [0.3, 0.4) is 0 Å². The van der Waals surface area contributed by atoms with Crippen molar-refractivity contribution in [3.8, 4) is 0 Å². The van der Waals surface area contributed by atoms with Crippen molar-refractivity contribution in [3.63, 3.8) is 0 Å². The molecule has 2 aromatic heterocycles. The van der Waals surface area contributed by atoms with Gasteiger partial charge in [-0.2, -0.15) is 0 Å². The summed E-state index contributed by atoms with van der Waals surface area (Å²) in [6.07, 6.45) is 7.81. The quantitative estimate of drug-likeness (QED) is 0.919. The first-order valence-corrected chi connectivity index (χ1v) is 7.35. The van der Waals surface area contributed by atoms with Gasteiger partial charge in [-0.05, 0) is 40.7 Å². The first kappa shape index (κ1) is 12.9. The molecular weight excluding hydrogens is 306 g/mol. The van der Waals surface area contributed by atoms with E-state index in [1.54, 1.807) is 6.20 Å². The van der Waals surface area contributed by atoms with Gasteiger partial charge >= 0.3 is 0 Å². The van der Waals surface area contributed by atoms with E-state index in [0.29, 0.717) is 0 Å². The second-order valence-electron chi connectivity index (χ2n) is 5.53. The number of anilines is 1. The lowest BCUT2D eigenvalue weighted by Crippen LogP contribution is -2.43. The van der Waals surface area contributed by atoms with Crippen molar-refractivity contribution < 1.29 is 0 Å². The molecule has 6 heteroatoms. The lowest BCUT2D eigenvalue weighted by atomic mass is 9.81. The van der Waals surface area contributed by atoms with E-state index in [-0.39, 0.29) is 5.41 Å². The molecule has 0 radical (unpaired) electrons. The van der Waals surface area contributed by atoms with Crippen molar-refractivity contribution in [1.29, 1.82) is 0 Å². The van der Waals surface area contributed by atoms with E-state index in [1.807, 2.05) is 16.8 Å². The summed E-state index contributed by atoms with van der Waals surface area (Å²) in [4.78, 5) is 11.2. The van der Waals surface area contributed by atoms with Gasteiger partial charge in [0.2, 0.25) is 5.95 Å². The number of aromatic nitrogens is 3. The van der Waals surface area contributed by atoms with Crippen molar-refractivity contribution in [1.82, 2.24) is 14.4 Å². The Morgan fingerprint density at radius 2 is 2.11 bits per heavy atom. The van der Waals surface area contributed by atoms with E-state index in [9.17, 15) is 0 Å². The number of nitrogens with zero attached hydrogens (tertiary/aromatic N) is 4. The maximum absolute atomic E-state index is 5.86. The Morgan fingerprint density at radius 3 is 2.79 bits per heavy atom. The van der Waals surface area contributed by atoms with E-state index < -0.39 is 0 Å². The van der Waals surface area contributed by atoms with Gasteiger partial charge in [-0.1, -0.05) is 6.92 Å². The second kappa shape index (κ2) is 4.76. The average molecular weight is 324 g/mol. The Hall–Kier alpha value is -1.14. The summed E-state index contributed by atoms with van der Waals surface area (Å²) in [5.41, 5.74) is 7.05. The molecule has 0 bridgehead atoms. The molecule has 1 fully saturated rings. The molecule has 1 saturated heterocycles. The zero-order valence-corrected chi connectivity index (χ0v) is 12.6. The minimum atomic E-state index is 0.278. The highest BCUT2D eigenvalue weighted by Crippen LogP contribution is 2.32. The highest BCUT2D eigenvalue weighted by Gasteiger charge is 2.30. The van der Waals surface area contributed by atoms with E-state index in [1.165, 1.54) is 0 Å². The van der Waals surface area contributed by atoms with Crippen LogP contribution in [0.5, 0.6) is 0 Å². The van der Waals surface area contributed by atoms with Crippen LogP contribution in [0.1, 0.15) is 19.8 Å². The lowest BCUT2D eigenvalue weighted by Gasteiger charge is -2.39. The standard InChI is InChI=1S/C13H18BrN5/c1-13(9-15)2-5-18(6-3-13)12-17-8-10(14)11-16-4-7-19(11)12/h4,7-8H,2-3,5-6,9,15H2,1H3. The molecule has 0 amide bonds. The van der Waals surface area contributed by atoms with Crippen molar-refractivity contribution >= 4 is 27.5 Å². The molecule has 1 aliphatic rings. The SMILES string of the molecule is CC1(CN)CCN(c2ncc(Br)c3nccn23)CC1. The van der Waals surface area contributed by atoms with Gasteiger partial charge in [-0.3, -0.25) is 4.40 Å². The van der Waals surface area contributed by atoms with E-state index >= 15 is 0 Å². The second-order valence-corrected chi connectivity index (χ2v) is 6.38. The number of piperidine rings is 1. The highest BCUT2D eigenvalue weighted by molar-refractivity contribution is 9.10. The molecule has 0 saturated carbocycles. The number of hydrogen-bond donors (Lipinski definition) is 1. The zero-order valence-electron chi connectivity index (χ0n) is 11.0. The van der Waals surface area contributed by atoms with Crippen molar-refractivity contribution in [2.45, 2.75) is 19.8 Å². The van der Waals surface area contributed by atoms with Crippen LogP contribution in [0.15, 0.2) is 23.1 Å². The molecule has 2 N–H and O–H groups in total. The van der Waals surface area contributed by atoms with E-state index in [0.717, 1.165) is 48.5 Å². The molecule has 3 rings (SSSR count). The normalized spacial score (nSPS) is 19.0. The Morgan fingerprint density at radius 1 is 1.37 bits per heavy atom. The van der Waals surface area contributed by atoms with E-state index in [4.69, 9.17) is 5.73 Å². The van der Waals surface area contributed by atoms with Crippen molar-refractivity contribution in [2.75, 3.05) is 24.5 Å². The Bertz CT molecular complexity index is 586. The molecule has 5 nitrogen and oxygen atoms in total. The summed E-state index contributed by atoms with van der Waals surface area (Å²) < 4.78 is 2.96. The van der Waals surface area contributed by atoms with Gasteiger partial charge < -0.3 is 10.6 Å². The van der Waals surface area contributed by atoms with Gasteiger partial charge in [0.05, 0.1) is 4.47 Å². The Labute approximate surface area is 121 Å². The smallest absolute Gasteiger partial charge is 0.211 e. The summed E-state index contributed by atoms with van der Waals surface area (Å²) >= 11 is 3.48. The molecule has 0 atom stereocenters. The van der Waals surface area contributed by atoms with Gasteiger partial charge in [-0.25, -0.2) is 9.97 Å². The predicted octanol–water partition coefficient (Wildman–Crippen LogP) is 2.06. The van der Waals surface area contributed by atoms with Gasteiger partial charge in [-0.15, -0.1) is 0 Å². The molecule has 0 aliphatic carbocycles. The third-order valence-corrected chi connectivity index (χ3v) is 4.67. The van der Waals surface area contributed by atoms with Gasteiger partial charge in [0, 0.05) is 31.7 Å². The number of rotatable bonds is 2. The summed E-state index contributed by atoms with van der Waals surface area (Å²) in [6, 6.07) is 0. The van der Waals surface area contributed by atoms with E-state index in [2.05, 4.69) is 37.7 Å². The molecule has 102 valence electrons. The van der Waals surface area contributed by atoms with Gasteiger partial charge in [0.15, 0.2) is 5.65 Å². The fourth-order valence-electron chi connectivity index (χ4n) is 2.56. The first-order valence-electron chi connectivity index (χ1n) is 6.55. The minimum absolute atomic E-state index is 0.278. The molecule has 0 spiro atoms. The van der Waals surface area contributed by atoms with Crippen LogP contribution in [0.25, 0.3) is 5.65 Å². The predicted molar refractivity (Wildman–Crippen MR) is 79.3 cm³/mol. The van der Waals surface area contributed by atoms with Gasteiger partial charge in [0.25, 0.3) is 0 Å². The van der Waals surface area contributed by atoms with Crippen molar-refractivity contribution in [2.24, 2.45) is 11.1 Å². The highest BCUT2D eigenvalue weighted by atomic mass is 79.9. The molecule has 3 heterocycles. The number of fused-ring (bicyclic) bond motifs is 1. The Kier molecular flexibility index (Phi) is 3.22. The molecule has 1 aliphatic heterocycles. The maximum atomic E-state index is 5.86. The number of halogens is 1.